The molecule has 0 spiro atoms. The fraction of sp³-hybridized carbons (Fsp3) is 0.417. The zero-order valence-corrected chi connectivity index (χ0v) is 11.4. The zero-order valence-electron chi connectivity index (χ0n) is 10.5. The van der Waals surface area contributed by atoms with Crippen LogP contribution >= 0.6 is 0 Å². The summed E-state index contributed by atoms with van der Waals surface area (Å²) >= 11 is 0. The van der Waals surface area contributed by atoms with E-state index in [0.717, 1.165) is 0 Å². The van der Waals surface area contributed by atoms with Crippen LogP contribution in [0.1, 0.15) is 12.0 Å². The molecule has 1 aromatic rings. The molecule has 0 aliphatic carbocycles. The maximum absolute atomic E-state index is 11.9. The predicted molar refractivity (Wildman–Crippen MR) is 70.1 cm³/mol. The summed E-state index contributed by atoms with van der Waals surface area (Å²) in [6, 6.07) is 4.51. The van der Waals surface area contributed by atoms with Crippen molar-refractivity contribution in [2.45, 2.75) is 18.2 Å². The SMILES string of the molecule is Cc1cc(NC(=O)C2CCOC2)ccc1S(N)(=O)=O. The quantitative estimate of drug-likeness (QED) is 0.850. The predicted octanol–water partition coefficient (Wildman–Crippen LogP) is 0.617. The lowest BCUT2D eigenvalue weighted by molar-refractivity contribution is -0.119. The molecule has 1 atom stereocenters. The van der Waals surface area contributed by atoms with Crippen molar-refractivity contribution in [2.75, 3.05) is 18.5 Å². The maximum atomic E-state index is 11.9. The normalized spacial score (nSPS) is 19.4. The van der Waals surface area contributed by atoms with Crippen LogP contribution in [0, 0.1) is 12.8 Å². The number of rotatable bonds is 3. The molecule has 1 unspecified atom stereocenters. The van der Waals surface area contributed by atoms with E-state index < -0.39 is 10.0 Å². The van der Waals surface area contributed by atoms with E-state index >= 15 is 0 Å². The van der Waals surface area contributed by atoms with Crippen molar-refractivity contribution in [3.05, 3.63) is 23.8 Å². The topological polar surface area (TPSA) is 98.5 Å². The van der Waals surface area contributed by atoms with E-state index in [1.807, 2.05) is 0 Å². The molecule has 0 aromatic heterocycles. The third-order valence-corrected chi connectivity index (χ3v) is 4.12. The molecule has 1 fully saturated rings. The minimum absolute atomic E-state index is 0.0645. The first-order valence-corrected chi connectivity index (χ1v) is 7.44. The van der Waals surface area contributed by atoms with Crippen LogP contribution in [0.5, 0.6) is 0 Å². The van der Waals surface area contributed by atoms with Gasteiger partial charge in [-0.05, 0) is 37.1 Å². The lowest BCUT2D eigenvalue weighted by atomic mass is 10.1. The number of aryl methyl sites for hydroxylation is 1. The number of anilines is 1. The van der Waals surface area contributed by atoms with Gasteiger partial charge in [0.15, 0.2) is 0 Å². The molecule has 3 N–H and O–H groups in total. The number of amides is 1. The summed E-state index contributed by atoms with van der Waals surface area (Å²) < 4.78 is 27.7. The summed E-state index contributed by atoms with van der Waals surface area (Å²) in [6.45, 7) is 2.66. The van der Waals surface area contributed by atoms with Crippen molar-refractivity contribution in [2.24, 2.45) is 11.1 Å². The number of sulfonamides is 1. The van der Waals surface area contributed by atoms with E-state index in [9.17, 15) is 13.2 Å². The van der Waals surface area contributed by atoms with Gasteiger partial charge in [-0.1, -0.05) is 0 Å². The number of nitrogens with one attached hydrogen (secondary N) is 1. The van der Waals surface area contributed by atoms with E-state index in [2.05, 4.69) is 5.32 Å². The van der Waals surface area contributed by atoms with Crippen molar-refractivity contribution in [3.63, 3.8) is 0 Å². The van der Waals surface area contributed by atoms with Crippen LogP contribution in [0.15, 0.2) is 23.1 Å². The molecule has 104 valence electrons. The number of carbonyl (C=O) groups is 1. The molecule has 0 radical (unpaired) electrons. The third-order valence-electron chi connectivity index (χ3n) is 3.05. The van der Waals surface area contributed by atoms with Crippen molar-refractivity contribution in [3.8, 4) is 0 Å². The molecule has 2 rings (SSSR count). The Morgan fingerprint density at radius 2 is 2.21 bits per heavy atom. The van der Waals surface area contributed by atoms with Gasteiger partial charge in [0.2, 0.25) is 15.9 Å². The molecule has 0 saturated carbocycles. The average molecular weight is 284 g/mol. The van der Waals surface area contributed by atoms with Crippen LogP contribution in [-0.4, -0.2) is 27.5 Å². The van der Waals surface area contributed by atoms with Gasteiger partial charge in [-0.15, -0.1) is 0 Å². The number of carbonyl (C=O) groups excluding carboxylic acids is 1. The van der Waals surface area contributed by atoms with E-state index in [0.29, 0.717) is 30.9 Å². The van der Waals surface area contributed by atoms with Crippen molar-refractivity contribution in [1.29, 1.82) is 0 Å². The van der Waals surface area contributed by atoms with E-state index in [4.69, 9.17) is 9.88 Å². The highest BCUT2D eigenvalue weighted by Crippen LogP contribution is 2.20. The Hall–Kier alpha value is -1.44. The van der Waals surface area contributed by atoms with Crippen LogP contribution in [0.3, 0.4) is 0 Å². The van der Waals surface area contributed by atoms with E-state index in [-0.39, 0.29) is 16.7 Å². The molecule has 7 heteroatoms. The summed E-state index contributed by atoms with van der Waals surface area (Å²) in [5.74, 6) is -0.251. The molecular weight excluding hydrogens is 268 g/mol. The number of ether oxygens (including phenoxy) is 1. The Kier molecular flexibility index (Phi) is 3.88. The van der Waals surface area contributed by atoms with Gasteiger partial charge in [-0.3, -0.25) is 4.79 Å². The molecule has 19 heavy (non-hydrogen) atoms. The highest BCUT2D eigenvalue weighted by molar-refractivity contribution is 7.89. The van der Waals surface area contributed by atoms with E-state index in [1.165, 1.54) is 12.1 Å². The summed E-state index contributed by atoms with van der Waals surface area (Å²) in [5, 5.41) is 7.83. The lowest BCUT2D eigenvalue weighted by Gasteiger charge is -2.11. The summed E-state index contributed by atoms with van der Waals surface area (Å²) in [5.41, 5.74) is 1.06. The second kappa shape index (κ2) is 5.28. The second-order valence-corrected chi connectivity index (χ2v) is 6.10. The number of benzene rings is 1. The van der Waals surface area contributed by atoms with Gasteiger partial charge < -0.3 is 10.1 Å². The van der Waals surface area contributed by atoms with Gasteiger partial charge in [-0.25, -0.2) is 13.6 Å². The molecule has 1 heterocycles. The fourth-order valence-corrected chi connectivity index (χ4v) is 2.80. The molecule has 1 aliphatic heterocycles. The van der Waals surface area contributed by atoms with Gasteiger partial charge in [0.25, 0.3) is 0 Å². The molecule has 6 nitrogen and oxygen atoms in total. The van der Waals surface area contributed by atoms with Crippen LogP contribution in [-0.2, 0) is 19.6 Å². The van der Waals surface area contributed by atoms with Gasteiger partial charge >= 0.3 is 0 Å². The van der Waals surface area contributed by atoms with Crippen LogP contribution in [0.25, 0.3) is 0 Å². The number of nitrogens with two attached hydrogens (primary N) is 1. The van der Waals surface area contributed by atoms with Crippen molar-refractivity contribution < 1.29 is 17.9 Å². The van der Waals surface area contributed by atoms with Gasteiger partial charge in [-0.2, -0.15) is 0 Å². The van der Waals surface area contributed by atoms with Crippen LogP contribution in [0.4, 0.5) is 5.69 Å². The van der Waals surface area contributed by atoms with Gasteiger partial charge in [0, 0.05) is 12.3 Å². The Bertz CT molecular complexity index is 592. The molecule has 1 amide bonds. The monoisotopic (exact) mass is 284 g/mol. The maximum Gasteiger partial charge on any atom is 0.238 e. The third kappa shape index (κ3) is 3.31. The number of hydrogen-bond acceptors (Lipinski definition) is 4. The highest BCUT2D eigenvalue weighted by atomic mass is 32.2. The Balaban J connectivity index is 2.14. The molecule has 0 bridgehead atoms. The Morgan fingerprint density at radius 3 is 2.74 bits per heavy atom. The van der Waals surface area contributed by atoms with E-state index in [1.54, 1.807) is 13.0 Å². The smallest absolute Gasteiger partial charge is 0.238 e. The minimum atomic E-state index is -3.73. The molecule has 1 aromatic carbocycles. The number of primary sulfonamides is 1. The first-order valence-electron chi connectivity index (χ1n) is 5.90. The summed E-state index contributed by atoms with van der Waals surface area (Å²) in [4.78, 5) is 11.9. The first-order chi connectivity index (χ1) is 8.88. The average Bonchev–Trinajstić information content (AvgIpc) is 2.80. The fourth-order valence-electron chi connectivity index (χ4n) is 2.03. The lowest BCUT2D eigenvalue weighted by Crippen LogP contribution is -2.23. The van der Waals surface area contributed by atoms with Crippen molar-refractivity contribution in [1.82, 2.24) is 0 Å². The Labute approximate surface area is 112 Å². The highest BCUT2D eigenvalue weighted by Gasteiger charge is 2.23. The summed E-state index contributed by atoms with van der Waals surface area (Å²) in [6.07, 6.45) is 0.708. The standard InChI is InChI=1S/C12H16N2O4S/c1-8-6-10(2-3-11(8)19(13,16)17)14-12(15)9-4-5-18-7-9/h2-3,6,9H,4-5,7H2,1H3,(H,14,15)(H2,13,16,17). The number of hydrogen-bond donors (Lipinski definition) is 2. The van der Waals surface area contributed by atoms with Gasteiger partial charge in [0.1, 0.15) is 0 Å². The summed E-state index contributed by atoms with van der Waals surface area (Å²) in [7, 11) is -3.73. The van der Waals surface area contributed by atoms with Crippen molar-refractivity contribution >= 4 is 21.6 Å². The zero-order chi connectivity index (χ0) is 14.0. The van der Waals surface area contributed by atoms with Gasteiger partial charge in [0.05, 0.1) is 17.4 Å². The molecular formula is C12H16N2O4S. The van der Waals surface area contributed by atoms with Crippen LogP contribution < -0.4 is 10.5 Å². The second-order valence-electron chi connectivity index (χ2n) is 4.58. The van der Waals surface area contributed by atoms with Crippen LogP contribution in [0.2, 0.25) is 0 Å². The molecule has 1 saturated heterocycles. The minimum Gasteiger partial charge on any atom is -0.381 e. The Morgan fingerprint density at radius 1 is 1.47 bits per heavy atom. The first kappa shape index (κ1) is 14.0. The molecule has 1 aliphatic rings. The largest absolute Gasteiger partial charge is 0.381 e.